The summed E-state index contributed by atoms with van der Waals surface area (Å²) in [5, 5.41) is 7.02. The van der Waals surface area contributed by atoms with Gasteiger partial charge in [-0.3, -0.25) is 14.9 Å². The molecule has 0 atom stereocenters. The smallest absolute Gasteiger partial charge is 0.191 e. The summed E-state index contributed by atoms with van der Waals surface area (Å²) in [4.78, 5) is 11.7. The lowest BCUT2D eigenvalue weighted by atomic mass is 10.0. The number of guanidine groups is 1. The number of nitrogens with one attached hydrogen (secondary N) is 2. The first kappa shape index (κ1) is 23.6. The van der Waals surface area contributed by atoms with Gasteiger partial charge in [-0.25, -0.2) is 0 Å². The Bertz CT molecular complexity index is 725. The molecule has 0 amide bonds. The highest BCUT2D eigenvalue weighted by atomic mass is 127. The summed E-state index contributed by atoms with van der Waals surface area (Å²) in [6.45, 7) is 9.06. The molecule has 0 saturated carbocycles. The fraction of sp³-hybridized carbons (Fsp3) is 0.478. The molecule has 2 aromatic rings. The number of aliphatic imine (C=N–C) groups is 1. The Morgan fingerprint density at radius 1 is 1.14 bits per heavy atom. The number of hydrogen-bond acceptors (Lipinski definition) is 3. The zero-order chi connectivity index (χ0) is 19.6. The van der Waals surface area contributed by atoms with Crippen molar-refractivity contribution >= 4 is 29.9 Å². The summed E-state index contributed by atoms with van der Waals surface area (Å²) in [5.41, 5.74) is 3.80. The number of likely N-dealkylation sites (tertiary alicyclic amines) is 1. The first-order valence-corrected chi connectivity index (χ1v) is 10.5. The van der Waals surface area contributed by atoms with Gasteiger partial charge in [0.2, 0.25) is 0 Å². The predicted octanol–water partition coefficient (Wildman–Crippen LogP) is 3.77. The summed E-state index contributed by atoms with van der Waals surface area (Å²) in [5.74, 6) is 0.942. The number of hydrogen-bond donors (Lipinski definition) is 2. The van der Waals surface area contributed by atoms with Crippen molar-refractivity contribution in [2.24, 2.45) is 4.99 Å². The van der Waals surface area contributed by atoms with Crippen LogP contribution in [0.3, 0.4) is 0 Å². The predicted molar refractivity (Wildman–Crippen MR) is 132 cm³/mol. The van der Waals surface area contributed by atoms with Crippen LogP contribution in [0.4, 0.5) is 0 Å². The fourth-order valence-corrected chi connectivity index (χ4v) is 3.52. The molecular formula is C23H34IN5. The van der Waals surface area contributed by atoms with Gasteiger partial charge in [-0.05, 0) is 50.8 Å². The molecule has 1 aromatic carbocycles. The lowest BCUT2D eigenvalue weighted by Gasteiger charge is -2.32. The third kappa shape index (κ3) is 8.30. The van der Waals surface area contributed by atoms with Crippen molar-refractivity contribution in [1.82, 2.24) is 20.5 Å². The summed E-state index contributed by atoms with van der Waals surface area (Å²) in [6.07, 6.45) is 5.11. The molecule has 5 nitrogen and oxygen atoms in total. The van der Waals surface area contributed by atoms with Crippen LogP contribution in [0.25, 0.3) is 0 Å². The van der Waals surface area contributed by atoms with Crippen LogP contribution >= 0.6 is 24.0 Å². The van der Waals surface area contributed by atoms with E-state index in [2.05, 4.69) is 70.8 Å². The maximum atomic E-state index is 4.78. The van der Waals surface area contributed by atoms with Gasteiger partial charge in [0, 0.05) is 45.0 Å². The topological polar surface area (TPSA) is 52.6 Å². The van der Waals surface area contributed by atoms with E-state index in [9.17, 15) is 0 Å². The molecule has 1 saturated heterocycles. The Hall–Kier alpha value is -1.67. The van der Waals surface area contributed by atoms with Gasteiger partial charge in [-0.15, -0.1) is 24.0 Å². The van der Waals surface area contributed by atoms with Gasteiger partial charge in [0.25, 0.3) is 0 Å². The number of aromatic nitrogens is 1. The van der Waals surface area contributed by atoms with Crippen LogP contribution < -0.4 is 10.6 Å². The molecule has 0 unspecified atom stereocenters. The van der Waals surface area contributed by atoms with E-state index < -0.39 is 0 Å². The molecule has 29 heavy (non-hydrogen) atoms. The molecule has 3 rings (SSSR count). The molecular weight excluding hydrogens is 473 g/mol. The highest BCUT2D eigenvalue weighted by Crippen LogP contribution is 2.13. The highest BCUT2D eigenvalue weighted by molar-refractivity contribution is 14.0. The van der Waals surface area contributed by atoms with Gasteiger partial charge >= 0.3 is 0 Å². The average Bonchev–Trinajstić information content (AvgIpc) is 2.72. The van der Waals surface area contributed by atoms with E-state index >= 15 is 0 Å². The average molecular weight is 507 g/mol. The van der Waals surface area contributed by atoms with Crippen molar-refractivity contribution < 1.29 is 0 Å². The number of halogens is 1. The number of piperidine rings is 1. The first-order valence-electron chi connectivity index (χ1n) is 10.5. The summed E-state index contributed by atoms with van der Waals surface area (Å²) >= 11 is 0. The van der Waals surface area contributed by atoms with Crippen LogP contribution in [-0.2, 0) is 13.0 Å². The zero-order valence-electron chi connectivity index (χ0n) is 17.6. The number of pyridine rings is 1. The van der Waals surface area contributed by atoms with Gasteiger partial charge in [0.05, 0.1) is 5.69 Å². The van der Waals surface area contributed by atoms with E-state index in [0.717, 1.165) is 63.6 Å². The van der Waals surface area contributed by atoms with Crippen LogP contribution in [0.1, 0.15) is 36.6 Å². The summed E-state index contributed by atoms with van der Waals surface area (Å²) < 4.78 is 0. The molecule has 1 aliphatic heterocycles. The molecule has 0 spiro atoms. The minimum Gasteiger partial charge on any atom is -0.357 e. The molecule has 158 valence electrons. The van der Waals surface area contributed by atoms with Gasteiger partial charge in [0.15, 0.2) is 5.96 Å². The number of aryl methyl sites for hydroxylation is 1. The molecule has 1 aromatic heterocycles. The third-order valence-corrected chi connectivity index (χ3v) is 5.18. The van der Waals surface area contributed by atoms with E-state index in [1.54, 1.807) is 0 Å². The zero-order valence-corrected chi connectivity index (χ0v) is 19.9. The molecule has 0 radical (unpaired) electrons. The van der Waals surface area contributed by atoms with E-state index in [1.165, 1.54) is 11.1 Å². The largest absolute Gasteiger partial charge is 0.357 e. The van der Waals surface area contributed by atoms with Crippen LogP contribution in [-0.4, -0.2) is 48.1 Å². The molecule has 0 bridgehead atoms. The Balaban J connectivity index is 0.00000300. The van der Waals surface area contributed by atoms with Crippen LogP contribution in [0.2, 0.25) is 0 Å². The Morgan fingerprint density at radius 3 is 2.55 bits per heavy atom. The van der Waals surface area contributed by atoms with E-state index in [-0.39, 0.29) is 24.0 Å². The van der Waals surface area contributed by atoms with Crippen molar-refractivity contribution in [3.05, 3.63) is 65.5 Å². The van der Waals surface area contributed by atoms with Gasteiger partial charge in [-0.1, -0.05) is 35.9 Å². The Kier molecular flexibility index (Phi) is 10.4. The van der Waals surface area contributed by atoms with Gasteiger partial charge in [0.1, 0.15) is 0 Å². The van der Waals surface area contributed by atoms with E-state index in [1.807, 2.05) is 12.3 Å². The van der Waals surface area contributed by atoms with Crippen LogP contribution in [0.15, 0.2) is 53.7 Å². The fourth-order valence-electron chi connectivity index (χ4n) is 3.52. The van der Waals surface area contributed by atoms with Crippen molar-refractivity contribution in [2.45, 2.75) is 45.7 Å². The molecule has 0 aliphatic carbocycles. The second-order valence-electron chi connectivity index (χ2n) is 7.51. The molecule has 1 aliphatic rings. The second kappa shape index (κ2) is 12.8. The normalized spacial score (nSPS) is 15.6. The maximum absolute atomic E-state index is 4.78. The van der Waals surface area contributed by atoms with E-state index in [0.29, 0.717) is 6.04 Å². The molecule has 6 heteroatoms. The minimum atomic E-state index is 0. The molecule has 1 fully saturated rings. The highest BCUT2D eigenvalue weighted by Gasteiger charge is 2.20. The maximum Gasteiger partial charge on any atom is 0.191 e. The summed E-state index contributed by atoms with van der Waals surface area (Å²) in [7, 11) is 0. The van der Waals surface area contributed by atoms with Crippen LogP contribution in [0.5, 0.6) is 0 Å². The quantitative estimate of drug-likeness (QED) is 0.341. The van der Waals surface area contributed by atoms with Crippen molar-refractivity contribution in [3.8, 4) is 0 Å². The van der Waals surface area contributed by atoms with Gasteiger partial charge < -0.3 is 10.6 Å². The lowest BCUT2D eigenvalue weighted by molar-refractivity contribution is 0.196. The Morgan fingerprint density at radius 2 is 1.90 bits per heavy atom. The second-order valence-corrected chi connectivity index (χ2v) is 7.51. The van der Waals surface area contributed by atoms with Gasteiger partial charge in [-0.2, -0.15) is 0 Å². The lowest BCUT2D eigenvalue weighted by Crippen LogP contribution is -2.48. The first-order chi connectivity index (χ1) is 13.7. The van der Waals surface area contributed by atoms with E-state index in [4.69, 9.17) is 4.99 Å². The summed E-state index contributed by atoms with van der Waals surface area (Å²) in [6, 6.07) is 15.4. The molecule has 2 heterocycles. The van der Waals surface area contributed by atoms with Crippen molar-refractivity contribution in [3.63, 3.8) is 0 Å². The third-order valence-electron chi connectivity index (χ3n) is 5.18. The Labute approximate surface area is 192 Å². The molecule has 2 N–H and O–H groups in total. The monoisotopic (exact) mass is 507 g/mol. The van der Waals surface area contributed by atoms with Crippen molar-refractivity contribution in [2.75, 3.05) is 26.2 Å². The standard InChI is InChI=1S/C23H33N5.HI/c1-3-24-23(26-15-11-20-9-7-19(2)8-10-20)27-21-12-16-28(17-13-21)18-22-6-4-5-14-25-22;/h4-10,14,21H,3,11-13,15-18H2,1-2H3,(H2,24,26,27);1H. The minimum absolute atomic E-state index is 0. The number of nitrogens with zero attached hydrogens (tertiary/aromatic N) is 3. The SMILES string of the molecule is CCNC(=NCCc1ccc(C)cc1)NC1CCN(Cc2ccccn2)CC1.I. The number of rotatable bonds is 7. The van der Waals surface area contributed by atoms with Crippen molar-refractivity contribution in [1.29, 1.82) is 0 Å². The number of benzene rings is 1. The van der Waals surface area contributed by atoms with Crippen LogP contribution in [0, 0.1) is 6.92 Å².